The van der Waals surface area contributed by atoms with E-state index in [-0.39, 0.29) is 5.32 Å². The first kappa shape index (κ1) is 23.3. The summed E-state index contributed by atoms with van der Waals surface area (Å²) in [7, 11) is 0. The maximum absolute atomic E-state index is 13.1. The Bertz CT molecular complexity index is 515. The summed E-state index contributed by atoms with van der Waals surface area (Å²) < 4.78 is 164. The van der Waals surface area contributed by atoms with Crippen molar-refractivity contribution in [2.45, 2.75) is 42.0 Å². The van der Waals surface area contributed by atoms with E-state index < -0.39 is 48.0 Å². The minimum absolute atomic E-state index is 0.258. The van der Waals surface area contributed by atoms with Gasteiger partial charge in [-0.25, -0.2) is 4.79 Å². The lowest BCUT2D eigenvalue weighted by Crippen LogP contribution is -2.73. The third-order valence-electron chi connectivity index (χ3n) is 2.58. The van der Waals surface area contributed by atoms with Crippen LogP contribution in [0.5, 0.6) is 0 Å². The molecule has 0 aromatic carbocycles. The van der Waals surface area contributed by atoms with Gasteiger partial charge in [-0.2, -0.15) is 57.1 Å². The van der Waals surface area contributed by atoms with E-state index in [0.717, 1.165) is 0 Å². The molecule has 17 heteroatoms. The standard InChI is InChI=1S/C8H5F13N2O2/c9-3(10,1(24)23-2(22)25)4(11,12)5(13,14)6(15,16)7(17,18)8(19,20)21/h1,24H,(H3,22,23,25). The van der Waals surface area contributed by atoms with E-state index in [1.807, 2.05) is 0 Å². The van der Waals surface area contributed by atoms with Crippen LogP contribution >= 0.6 is 0 Å². The molecule has 0 heterocycles. The van der Waals surface area contributed by atoms with Crippen molar-refractivity contribution in [3.8, 4) is 0 Å². The number of alkyl halides is 13. The number of carbonyl (C=O) groups is 1. The number of hydrogen-bond donors (Lipinski definition) is 3. The molecule has 150 valence electrons. The van der Waals surface area contributed by atoms with Crippen LogP contribution in [0.4, 0.5) is 61.9 Å². The molecule has 0 saturated heterocycles. The number of primary amides is 1. The van der Waals surface area contributed by atoms with Gasteiger partial charge in [-0.3, -0.25) is 0 Å². The summed E-state index contributed by atoms with van der Waals surface area (Å²) in [5, 5.41) is 8.70. The average Bonchev–Trinajstić information content (AvgIpc) is 2.35. The van der Waals surface area contributed by atoms with E-state index in [9.17, 15) is 61.9 Å². The third-order valence-corrected chi connectivity index (χ3v) is 2.58. The molecule has 4 nitrogen and oxygen atoms in total. The Balaban J connectivity index is 6.25. The fourth-order valence-corrected chi connectivity index (χ4v) is 1.18. The van der Waals surface area contributed by atoms with Crippen molar-refractivity contribution in [3.05, 3.63) is 0 Å². The zero-order chi connectivity index (χ0) is 20.9. The van der Waals surface area contributed by atoms with Crippen LogP contribution in [0.1, 0.15) is 0 Å². The predicted molar refractivity (Wildman–Crippen MR) is 49.5 cm³/mol. The van der Waals surface area contributed by atoms with Crippen LogP contribution in [0.15, 0.2) is 0 Å². The lowest BCUT2D eigenvalue weighted by atomic mass is 9.93. The topological polar surface area (TPSA) is 75.4 Å². The van der Waals surface area contributed by atoms with E-state index in [4.69, 9.17) is 5.11 Å². The predicted octanol–water partition coefficient (Wildman–Crippen LogP) is 2.71. The SMILES string of the molecule is NC(=O)NC(O)C(F)(F)C(F)(F)C(F)(F)C(F)(F)C(F)(F)C(F)(F)F. The zero-order valence-corrected chi connectivity index (χ0v) is 10.9. The second-order valence-corrected chi connectivity index (χ2v) is 4.33. The van der Waals surface area contributed by atoms with Crippen LogP contribution in [0.3, 0.4) is 0 Å². The van der Waals surface area contributed by atoms with Crippen LogP contribution < -0.4 is 11.1 Å². The molecule has 0 aliphatic rings. The van der Waals surface area contributed by atoms with Gasteiger partial charge in [0.25, 0.3) is 0 Å². The monoisotopic (exact) mass is 408 g/mol. The van der Waals surface area contributed by atoms with Crippen LogP contribution in [0.2, 0.25) is 0 Å². The molecule has 0 aliphatic heterocycles. The molecule has 1 unspecified atom stereocenters. The van der Waals surface area contributed by atoms with Gasteiger partial charge in [0.05, 0.1) is 0 Å². The molecular formula is C8H5F13N2O2. The van der Waals surface area contributed by atoms with E-state index in [1.54, 1.807) is 0 Å². The minimum Gasteiger partial charge on any atom is -0.368 e. The van der Waals surface area contributed by atoms with Crippen LogP contribution in [0, 0.1) is 0 Å². The summed E-state index contributed by atoms with van der Waals surface area (Å²) in [6.07, 6.45) is -12.0. The smallest absolute Gasteiger partial charge is 0.368 e. The fourth-order valence-electron chi connectivity index (χ4n) is 1.18. The molecule has 0 saturated carbocycles. The Morgan fingerprint density at radius 2 is 1.04 bits per heavy atom. The number of carbonyl (C=O) groups excluding carboxylic acids is 1. The first-order valence-electron chi connectivity index (χ1n) is 5.29. The maximum atomic E-state index is 13.1. The number of nitrogens with one attached hydrogen (secondary N) is 1. The van der Waals surface area contributed by atoms with Gasteiger partial charge in [-0.15, -0.1) is 0 Å². The van der Waals surface area contributed by atoms with Crippen molar-refractivity contribution in [1.82, 2.24) is 5.32 Å². The summed E-state index contributed by atoms with van der Waals surface area (Å²) in [6.45, 7) is 0. The molecule has 0 rings (SSSR count). The number of aliphatic hydroxyl groups is 1. The van der Waals surface area contributed by atoms with Gasteiger partial charge in [0.2, 0.25) is 0 Å². The number of aliphatic hydroxyl groups excluding tert-OH is 1. The molecule has 0 aliphatic carbocycles. The van der Waals surface area contributed by atoms with Crippen molar-refractivity contribution in [1.29, 1.82) is 0 Å². The van der Waals surface area contributed by atoms with Gasteiger partial charge in [-0.05, 0) is 0 Å². The molecule has 4 N–H and O–H groups in total. The number of urea groups is 1. The Morgan fingerprint density at radius 1 is 0.720 bits per heavy atom. The Hall–Kier alpha value is -1.68. The normalized spacial score (nSPS) is 16.6. The molecule has 0 aromatic rings. The van der Waals surface area contributed by atoms with Gasteiger partial charge in [0.1, 0.15) is 0 Å². The van der Waals surface area contributed by atoms with Crippen molar-refractivity contribution in [2.24, 2.45) is 5.73 Å². The Morgan fingerprint density at radius 3 is 1.32 bits per heavy atom. The first-order chi connectivity index (χ1) is 10.6. The lowest BCUT2D eigenvalue weighted by molar-refractivity contribution is -0.444. The van der Waals surface area contributed by atoms with Crippen molar-refractivity contribution >= 4 is 6.03 Å². The van der Waals surface area contributed by atoms with E-state index in [1.165, 1.54) is 0 Å². The zero-order valence-electron chi connectivity index (χ0n) is 10.9. The number of amides is 2. The number of halogens is 13. The summed E-state index contributed by atoms with van der Waals surface area (Å²) in [5.41, 5.74) is 4.06. The summed E-state index contributed by atoms with van der Waals surface area (Å²) in [4.78, 5) is 10.1. The maximum Gasteiger partial charge on any atom is 0.460 e. The van der Waals surface area contributed by atoms with E-state index in [2.05, 4.69) is 5.73 Å². The average molecular weight is 408 g/mol. The van der Waals surface area contributed by atoms with Crippen LogP contribution in [-0.2, 0) is 0 Å². The molecule has 0 spiro atoms. The van der Waals surface area contributed by atoms with Crippen LogP contribution in [-0.4, -0.2) is 53.2 Å². The summed E-state index contributed by atoms with van der Waals surface area (Å²) in [5.74, 6) is -38.6. The minimum atomic E-state index is -8.09. The third kappa shape index (κ3) is 3.24. The molecule has 25 heavy (non-hydrogen) atoms. The van der Waals surface area contributed by atoms with Gasteiger partial charge in [0.15, 0.2) is 6.23 Å². The lowest BCUT2D eigenvalue weighted by Gasteiger charge is -2.40. The Labute approximate surface area is 127 Å². The van der Waals surface area contributed by atoms with E-state index in [0.29, 0.717) is 0 Å². The Kier molecular flexibility index (Phi) is 5.54. The van der Waals surface area contributed by atoms with Crippen molar-refractivity contribution in [2.75, 3.05) is 0 Å². The van der Waals surface area contributed by atoms with Crippen molar-refractivity contribution < 1.29 is 67.0 Å². The van der Waals surface area contributed by atoms with Crippen molar-refractivity contribution in [3.63, 3.8) is 0 Å². The molecule has 1 atom stereocenters. The number of nitrogens with two attached hydrogens (primary N) is 1. The number of rotatable bonds is 6. The highest BCUT2D eigenvalue weighted by Crippen LogP contribution is 2.60. The highest BCUT2D eigenvalue weighted by molar-refractivity contribution is 5.71. The quantitative estimate of drug-likeness (QED) is 0.467. The van der Waals surface area contributed by atoms with Gasteiger partial charge < -0.3 is 16.2 Å². The first-order valence-corrected chi connectivity index (χ1v) is 5.29. The van der Waals surface area contributed by atoms with Gasteiger partial charge >= 0.3 is 41.8 Å². The largest absolute Gasteiger partial charge is 0.460 e. The van der Waals surface area contributed by atoms with Gasteiger partial charge in [0, 0.05) is 0 Å². The molecule has 0 fully saturated rings. The van der Waals surface area contributed by atoms with Crippen LogP contribution in [0.25, 0.3) is 0 Å². The summed E-state index contributed by atoms with van der Waals surface area (Å²) >= 11 is 0. The molecule has 0 radical (unpaired) electrons. The molecule has 2 amide bonds. The second-order valence-electron chi connectivity index (χ2n) is 4.33. The second kappa shape index (κ2) is 5.94. The van der Waals surface area contributed by atoms with E-state index >= 15 is 0 Å². The summed E-state index contributed by atoms with van der Waals surface area (Å²) in [6, 6.07) is -2.28. The molecule has 0 bridgehead atoms. The number of hydrogen-bond acceptors (Lipinski definition) is 2. The molecule has 0 aromatic heterocycles. The highest BCUT2D eigenvalue weighted by atomic mass is 19.4. The highest BCUT2D eigenvalue weighted by Gasteiger charge is 2.91. The molecular weight excluding hydrogens is 403 g/mol. The fraction of sp³-hybridized carbons (Fsp3) is 0.875. The van der Waals surface area contributed by atoms with Gasteiger partial charge in [-0.1, -0.05) is 0 Å².